The Balaban J connectivity index is 1.73. The highest BCUT2D eigenvalue weighted by Crippen LogP contribution is 2.13. The molecule has 1 saturated heterocycles. The van der Waals surface area contributed by atoms with Gasteiger partial charge in [-0.25, -0.2) is 0 Å². The number of halogens is 1. The highest BCUT2D eigenvalue weighted by atomic mass is 35.5. The molecule has 3 nitrogen and oxygen atoms in total. The van der Waals surface area contributed by atoms with Crippen LogP contribution in [0, 0.1) is 0 Å². The number of ether oxygens (including phenoxy) is 1. The zero-order valence-electron chi connectivity index (χ0n) is 11.0. The molecule has 0 amide bonds. The van der Waals surface area contributed by atoms with Crippen LogP contribution in [0.25, 0.3) is 0 Å². The molecule has 0 spiro atoms. The van der Waals surface area contributed by atoms with E-state index in [4.69, 9.17) is 16.3 Å². The van der Waals surface area contributed by atoms with Crippen LogP contribution < -0.4 is 5.32 Å². The molecule has 1 fully saturated rings. The molecule has 1 N–H and O–H groups in total. The van der Waals surface area contributed by atoms with Gasteiger partial charge in [0.2, 0.25) is 0 Å². The first-order valence-electron chi connectivity index (χ1n) is 6.51. The Hall–Kier alpha value is -0.770. The summed E-state index contributed by atoms with van der Waals surface area (Å²) >= 11 is 5.85. The molecule has 4 heteroatoms. The van der Waals surface area contributed by atoms with Crippen molar-refractivity contribution in [3.63, 3.8) is 0 Å². The van der Waals surface area contributed by atoms with Gasteiger partial charge in [0.15, 0.2) is 0 Å². The van der Waals surface area contributed by atoms with Crippen molar-refractivity contribution in [1.29, 1.82) is 0 Å². The maximum absolute atomic E-state index is 5.85. The molecular formula is C14H21ClN2O. The monoisotopic (exact) mass is 268 g/mol. The van der Waals surface area contributed by atoms with Gasteiger partial charge >= 0.3 is 0 Å². The first kappa shape index (κ1) is 13.7. The van der Waals surface area contributed by atoms with E-state index in [1.54, 1.807) is 0 Å². The van der Waals surface area contributed by atoms with Crippen LogP contribution in [0.3, 0.4) is 0 Å². The fourth-order valence-electron chi connectivity index (χ4n) is 2.39. The number of morpholine rings is 1. The van der Waals surface area contributed by atoms with Crippen LogP contribution in [-0.4, -0.2) is 43.3 Å². The molecule has 0 saturated carbocycles. The lowest BCUT2D eigenvalue weighted by atomic mass is 10.2. The van der Waals surface area contributed by atoms with Crippen LogP contribution in [-0.2, 0) is 4.74 Å². The molecule has 2 atom stereocenters. The smallest absolute Gasteiger partial charge is 0.0678 e. The van der Waals surface area contributed by atoms with Crippen LogP contribution >= 0.6 is 11.6 Å². The van der Waals surface area contributed by atoms with Crippen molar-refractivity contribution in [1.82, 2.24) is 4.90 Å². The van der Waals surface area contributed by atoms with E-state index in [2.05, 4.69) is 24.1 Å². The van der Waals surface area contributed by atoms with E-state index in [9.17, 15) is 0 Å². The summed E-state index contributed by atoms with van der Waals surface area (Å²) in [6.07, 6.45) is 0.675. The predicted molar refractivity (Wildman–Crippen MR) is 76.4 cm³/mol. The molecule has 0 unspecified atom stereocenters. The molecule has 0 radical (unpaired) electrons. The molecule has 1 aliphatic rings. The summed E-state index contributed by atoms with van der Waals surface area (Å²) in [5.74, 6) is 0. The third-order valence-corrected chi connectivity index (χ3v) is 3.35. The Morgan fingerprint density at radius 1 is 1.22 bits per heavy atom. The molecule has 18 heavy (non-hydrogen) atoms. The SMILES string of the molecule is C[C@@H]1CN(CCNc2ccc(Cl)cc2)C[C@H](C)O1. The largest absolute Gasteiger partial charge is 0.384 e. The van der Waals surface area contributed by atoms with Gasteiger partial charge in [0, 0.05) is 36.9 Å². The fourth-order valence-corrected chi connectivity index (χ4v) is 2.52. The number of hydrogen-bond donors (Lipinski definition) is 1. The average molecular weight is 269 g/mol. The zero-order valence-corrected chi connectivity index (χ0v) is 11.8. The summed E-state index contributed by atoms with van der Waals surface area (Å²) in [5.41, 5.74) is 1.12. The Bertz CT molecular complexity index is 359. The lowest BCUT2D eigenvalue weighted by Gasteiger charge is -2.35. The molecule has 0 aromatic heterocycles. The number of nitrogens with zero attached hydrogens (tertiary/aromatic N) is 1. The summed E-state index contributed by atoms with van der Waals surface area (Å²) < 4.78 is 5.72. The molecule has 100 valence electrons. The molecule has 1 aromatic carbocycles. The van der Waals surface area contributed by atoms with Gasteiger partial charge in [-0.3, -0.25) is 4.90 Å². The minimum absolute atomic E-state index is 0.337. The van der Waals surface area contributed by atoms with E-state index in [0.29, 0.717) is 12.2 Å². The Labute approximate surface area is 114 Å². The first-order chi connectivity index (χ1) is 8.63. The summed E-state index contributed by atoms with van der Waals surface area (Å²) in [5, 5.41) is 4.18. The van der Waals surface area contributed by atoms with Crippen LogP contribution in [0.15, 0.2) is 24.3 Å². The molecule has 1 aliphatic heterocycles. The standard InChI is InChI=1S/C14H21ClN2O/c1-11-9-17(10-12(2)18-11)8-7-16-14-5-3-13(15)4-6-14/h3-6,11-12,16H,7-10H2,1-2H3/t11-,12+. The zero-order chi connectivity index (χ0) is 13.0. The number of hydrogen-bond acceptors (Lipinski definition) is 3. The van der Waals surface area contributed by atoms with E-state index in [1.807, 2.05) is 24.3 Å². The van der Waals surface area contributed by atoms with Gasteiger partial charge in [0.25, 0.3) is 0 Å². The number of nitrogens with one attached hydrogen (secondary N) is 1. The van der Waals surface area contributed by atoms with E-state index >= 15 is 0 Å². The van der Waals surface area contributed by atoms with Crippen molar-refractivity contribution in [2.24, 2.45) is 0 Å². The topological polar surface area (TPSA) is 24.5 Å². The van der Waals surface area contributed by atoms with Crippen molar-refractivity contribution in [2.75, 3.05) is 31.5 Å². The lowest BCUT2D eigenvalue weighted by Crippen LogP contribution is -2.46. The quantitative estimate of drug-likeness (QED) is 0.909. The van der Waals surface area contributed by atoms with E-state index < -0.39 is 0 Å². The van der Waals surface area contributed by atoms with Crippen molar-refractivity contribution in [2.45, 2.75) is 26.1 Å². The molecular weight excluding hydrogens is 248 g/mol. The molecule has 1 aromatic rings. The van der Waals surface area contributed by atoms with Gasteiger partial charge < -0.3 is 10.1 Å². The maximum atomic E-state index is 5.85. The van der Waals surface area contributed by atoms with Gasteiger partial charge in [-0.1, -0.05) is 11.6 Å². The van der Waals surface area contributed by atoms with Gasteiger partial charge in [-0.2, -0.15) is 0 Å². The normalized spacial score (nSPS) is 25.1. The minimum Gasteiger partial charge on any atom is -0.384 e. The van der Waals surface area contributed by atoms with Gasteiger partial charge in [0.1, 0.15) is 0 Å². The molecule has 2 rings (SSSR count). The average Bonchev–Trinajstić information content (AvgIpc) is 2.30. The maximum Gasteiger partial charge on any atom is 0.0678 e. The van der Waals surface area contributed by atoms with Crippen molar-refractivity contribution in [3.05, 3.63) is 29.3 Å². The molecule has 1 heterocycles. The fraction of sp³-hybridized carbons (Fsp3) is 0.571. The summed E-state index contributed by atoms with van der Waals surface area (Å²) in [4.78, 5) is 2.45. The Morgan fingerprint density at radius 3 is 2.44 bits per heavy atom. The van der Waals surface area contributed by atoms with Crippen molar-refractivity contribution >= 4 is 17.3 Å². The van der Waals surface area contributed by atoms with E-state index in [0.717, 1.165) is 36.9 Å². The third-order valence-electron chi connectivity index (χ3n) is 3.10. The predicted octanol–water partition coefficient (Wildman–Crippen LogP) is 2.86. The highest BCUT2D eigenvalue weighted by Gasteiger charge is 2.21. The lowest BCUT2D eigenvalue weighted by molar-refractivity contribution is -0.0667. The van der Waals surface area contributed by atoms with Crippen molar-refractivity contribution in [3.8, 4) is 0 Å². The summed E-state index contributed by atoms with van der Waals surface area (Å²) in [6.45, 7) is 8.30. The second-order valence-electron chi connectivity index (χ2n) is 4.95. The second kappa shape index (κ2) is 6.41. The number of rotatable bonds is 4. The van der Waals surface area contributed by atoms with Crippen LogP contribution in [0.4, 0.5) is 5.69 Å². The van der Waals surface area contributed by atoms with Gasteiger partial charge in [-0.15, -0.1) is 0 Å². The second-order valence-corrected chi connectivity index (χ2v) is 5.39. The Kier molecular flexibility index (Phi) is 4.87. The highest BCUT2D eigenvalue weighted by molar-refractivity contribution is 6.30. The summed E-state index contributed by atoms with van der Waals surface area (Å²) in [7, 11) is 0. The van der Waals surface area contributed by atoms with Crippen LogP contribution in [0.5, 0.6) is 0 Å². The van der Waals surface area contributed by atoms with Gasteiger partial charge in [-0.05, 0) is 38.1 Å². The number of benzene rings is 1. The first-order valence-corrected chi connectivity index (χ1v) is 6.88. The Morgan fingerprint density at radius 2 is 1.83 bits per heavy atom. The van der Waals surface area contributed by atoms with E-state index in [1.165, 1.54) is 0 Å². The third kappa shape index (κ3) is 4.16. The van der Waals surface area contributed by atoms with Crippen LogP contribution in [0.1, 0.15) is 13.8 Å². The molecule has 0 bridgehead atoms. The van der Waals surface area contributed by atoms with E-state index in [-0.39, 0.29) is 0 Å². The van der Waals surface area contributed by atoms with Crippen molar-refractivity contribution < 1.29 is 4.74 Å². The summed E-state index contributed by atoms with van der Waals surface area (Å²) in [6, 6.07) is 7.82. The minimum atomic E-state index is 0.337. The molecule has 0 aliphatic carbocycles. The number of anilines is 1. The van der Waals surface area contributed by atoms with Crippen LogP contribution in [0.2, 0.25) is 5.02 Å². The van der Waals surface area contributed by atoms with Gasteiger partial charge in [0.05, 0.1) is 12.2 Å².